The molecule has 0 spiro atoms. The number of piperidine rings is 2. The average Bonchev–Trinajstić information content (AvgIpc) is 2.73. The number of sulfonamides is 1. The summed E-state index contributed by atoms with van der Waals surface area (Å²) in [4.78, 5) is 19.6. The normalized spacial score (nSPS) is 21.9. The number of carbonyl (C=O) groups excluding carboxylic acids is 1. The Hall–Kier alpha value is -1.67. The van der Waals surface area contributed by atoms with Gasteiger partial charge in [0.1, 0.15) is 11.9 Å². The maximum absolute atomic E-state index is 12.7. The number of nitrogens with zero attached hydrogens (tertiary/aromatic N) is 3. The predicted octanol–water partition coefficient (Wildman–Crippen LogP) is 2.53. The zero-order valence-corrected chi connectivity index (χ0v) is 18.5. The van der Waals surface area contributed by atoms with Crippen LogP contribution < -0.4 is 10.2 Å². The zero-order valence-electron chi connectivity index (χ0n) is 17.6. The van der Waals surface area contributed by atoms with Gasteiger partial charge < -0.3 is 10.2 Å². The Kier molecular flexibility index (Phi) is 7.51. The van der Waals surface area contributed by atoms with Crippen LogP contribution in [0.1, 0.15) is 57.9 Å². The number of hydrogen-bond donors (Lipinski definition) is 1. The lowest BCUT2D eigenvalue weighted by Crippen LogP contribution is -2.52. The highest BCUT2D eigenvalue weighted by Crippen LogP contribution is 2.23. The van der Waals surface area contributed by atoms with Crippen molar-refractivity contribution in [1.29, 1.82) is 0 Å². The fraction of sp³-hybridized carbons (Fsp3) is 0.714. The third-order valence-electron chi connectivity index (χ3n) is 5.96. The highest BCUT2D eigenvalue weighted by molar-refractivity contribution is 7.89. The van der Waals surface area contributed by atoms with Gasteiger partial charge in [-0.25, -0.2) is 13.4 Å². The topological polar surface area (TPSA) is 82.6 Å². The Morgan fingerprint density at radius 2 is 1.93 bits per heavy atom. The fourth-order valence-corrected chi connectivity index (χ4v) is 5.87. The number of rotatable bonds is 7. The highest BCUT2D eigenvalue weighted by atomic mass is 32.2. The van der Waals surface area contributed by atoms with Crippen LogP contribution in [0.4, 0.5) is 5.82 Å². The number of nitrogens with one attached hydrogen (secondary N) is 1. The number of aromatic nitrogens is 1. The van der Waals surface area contributed by atoms with Gasteiger partial charge in [0.05, 0.1) is 5.75 Å². The number of pyridine rings is 1. The second-order valence-electron chi connectivity index (χ2n) is 8.35. The van der Waals surface area contributed by atoms with E-state index >= 15 is 0 Å². The van der Waals surface area contributed by atoms with Crippen molar-refractivity contribution in [3.05, 3.63) is 23.9 Å². The van der Waals surface area contributed by atoms with Gasteiger partial charge in [-0.05, 0) is 49.7 Å². The van der Waals surface area contributed by atoms with E-state index in [0.717, 1.165) is 43.2 Å². The molecule has 7 nitrogen and oxygen atoms in total. The molecule has 1 aromatic heterocycles. The second kappa shape index (κ2) is 9.89. The summed E-state index contributed by atoms with van der Waals surface area (Å²) in [6.07, 6.45) is 7.02. The molecule has 3 heterocycles. The van der Waals surface area contributed by atoms with Crippen LogP contribution in [0.3, 0.4) is 0 Å². The molecule has 1 atom stereocenters. The van der Waals surface area contributed by atoms with Crippen LogP contribution in [-0.2, 0) is 21.4 Å². The molecule has 2 fully saturated rings. The summed E-state index contributed by atoms with van der Waals surface area (Å²) in [5, 5.41) is 2.92. The van der Waals surface area contributed by atoms with E-state index in [2.05, 4.69) is 22.1 Å². The molecule has 0 aliphatic carbocycles. The standard InChI is InChI=1S/C21H34N4O3S/c1-3-14-29(27,28)25-11-5-4-6-19(25)21(26)23-16-18-7-8-20(22-15-18)24-12-9-17(2)10-13-24/h7-8,15,17,19H,3-6,9-14,16H2,1-2H3,(H,23,26). The van der Waals surface area contributed by atoms with Crippen molar-refractivity contribution < 1.29 is 13.2 Å². The summed E-state index contributed by atoms with van der Waals surface area (Å²) in [5.74, 6) is 1.65. The SMILES string of the molecule is CCCS(=O)(=O)N1CCCCC1C(=O)NCc1ccc(N2CCC(C)CC2)nc1. The minimum atomic E-state index is -3.38. The third-order valence-corrected chi connectivity index (χ3v) is 8.04. The molecule has 2 saturated heterocycles. The lowest BCUT2D eigenvalue weighted by molar-refractivity contribution is -0.125. The van der Waals surface area contributed by atoms with Crippen molar-refractivity contribution in [2.45, 2.75) is 65.0 Å². The Morgan fingerprint density at radius 1 is 1.17 bits per heavy atom. The summed E-state index contributed by atoms with van der Waals surface area (Å²) in [6.45, 7) is 7.00. The van der Waals surface area contributed by atoms with E-state index in [4.69, 9.17) is 0 Å². The van der Waals surface area contributed by atoms with Crippen LogP contribution >= 0.6 is 0 Å². The molecule has 2 aliphatic rings. The maximum atomic E-state index is 12.7. The molecule has 1 N–H and O–H groups in total. The van der Waals surface area contributed by atoms with Crippen LogP contribution in [-0.4, -0.2) is 55.0 Å². The number of carbonyl (C=O) groups is 1. The Labute approximate surface area is 174 Å². The Balaban J connectivity index is 1.56. The first-order chi connectivity index (χ1) is 13.9. The lowest BCUT2D eigenvalue weighted by atomic mass is 9.99. The number of anilines is 1. The molecule has 1 unspecified atom stereocenters. The largest absolute Gasteiger partial charge is 0.357 e. The van der Waals surface area contributed by atoms with E-state index in [9.17, 15) is 13.2 Å². The first kappa shape index (κ1) is 22.0. The van der Waals surface area contributed by atoms with E-state index < -0.39 is 16.1 Å². The molecule has 0 aromatic carbocycles. The van der Waals surface area contributed by atoms with E-state index in [-0.39, 0.29) is 11.7 Å². The molecule has 1 amide bonds. The third kappa shape index (κ3) is 5.69. The molecule has 29 heavy (non-hydrogen) atoms. The summed E-state index contributed by atoms with van der Waals surface area (Å²) in [6, 6.07) is 3.41. The first-order valence-corrected chi connectivity index (χ1v) is 12.5. The van der Waals surface area contributed by atoms with Crippen molar-refractivity contribution in [3.8, 4) is 0 Å². The van der Waals surface area contributed by atoms with Crippen LogP contribution in [0.25, 0.3) is 0 Å². The van der Waals surface area contributed by atoms with Crippen LogP contribution in [0.2, 0.25) is 0 Å². The van der Waals surface area contributed by atoms with Crippen molar-refractivity contribution in [1.82, 2.24) is 14.6 Å². The van der Waals surface area contributed by atoms with Gasteiger partial charge >= 0.3 is 0 Å². The summed E-state index contributed by atoms with van der Waals surface area (Å²) >= 11 is 0. The molecule has 8 heteroatoms. The molecule has 162 valence electrons. The summed E-state index contributed by atoms with van der Waals surface area (Å²) in [5.41, 5.74) is 0.922. The predicted molar refractivity (Wildman–Crippen MR) is 115 cm³/mol. The van der Waals surface area contributed by atoms with Gasteiger partial charge in [0.2, 0.25) is 15.9 Å². The van der Waals surface area contributed by atoms with E-state index in [1.807, 2.05) is 19.1 Å². The smallest absolute Gasteiger partial charge is 0.238 e. The first-order valence-electron chi connectivity index (χ1n) is 10.9. The minimum Gasteiger partial charge on any atom is -0.357 e. The maximum Gasteiger partial charge on any atom is 0.238 e. The number of amides is 1. The molecule has 3 rings (SSSR count). The van der Waals surface area contributed by atoms with Gasteiger partial charge in [0, 0.05) is 32.4 Å². The van der Waals surface area contributed by atoms with Crippen molar-refractivity contribution in [2.24, 2.45) is 5.92 Å². The molecular formula is C21H34N4O3S. The van der Waals surface area contributed by atoms with Crippen LogP contribution in [0, 0.1) is 5.92 Å². The van der Waals surface area contributed by atoms with Gasteiger partial charge in [0.25, 0.3) is 0 Å². The Morgan fingerprint density at radius 3 is 2.59 bits per heavy atom. The second-order valence-corrected chi connectivity index (χ2v) is 10.4. The van der Waals surface area contributed by atoms with E-state index in [1.165, 1.54) is 17.1 Å². The van der Waals surface area contributed by atoms with Crippen LogP contribution in [0.15, 0.2) is 18.3 Å². The van der Waals surface area contributed by atoms with Crippen molar-refractivity contribution in [2.75, 3.05) is 30.3 Å². The van der Waals surface area contributed by atoms with Gasteiger partial charge in [-0.2, -0.15) is 4.31 Å². The fourth-order valence-electron chi connectivity index (χ4n) is 4.13. The van der Waals surface area contributed by atoms with Gasteiger partial charge in [0.15, 0.2) is 0 Å². The Bertz CT molecular complexity index is 774. The molecule has 0 bridgehead atoms. The minimum absolute atomic E-state index is 0.0947. The monoisotopic (exact) mass is 422 g/mol. The molecular weight excluding hydrogens is 388 g/mol. The average molecular weight is 423 g/mol. The van der Waals surface area contributed by atoms with Gasteiger partial charge in [-0.15, -0.1) is 0 Å². The highest BCUT2D eigenvalue weighted by Gasteiger charge is 2.35. The number of hydrogen-bond acceptors (Lipinski definition) is 5. The quantitative estimate of drug-likeness (QED) is 0.730. The molecule has 0 saturated carbocycles. The van der Waals surface area contributed by atoms with Crippen molar-refractivity contribution >= 4 is 21.7 Å². The zero-order chi connectivity index (χ0) is 20.9. The van der Waals surface area contributed by atoms with Crippen molar-refractivity contribution in [3.63, 3.8) is 0 Å². The van der Waals surface area contributed by atoms with E-state index in [0.29, 0.717) is 25.9 Å². The van der Waals surface area contributed by atoms with Gasteiger partial charge in [-0.3, -0.25) is 4.79 Å². The molecule has 2 aliphatic heterocycles. The summed E-state index contributed by atoms with van der Waals surface area (Å²) in [7, 11) is -3.38. The van der Waals surface area contributed by atoms with Gasteiger partial charge in [-0.1, -0.05) is 26.3 Å². The molecule has 0 radical (unpaired) electrons. The summed E-state index contributed by atoms with van der Waals surface area (Å²) < 4.78 is 26.4. The lowest BCUT2D eigenvalue weighted by Gasteiger charge is -2.33. The van der Waals surface area contributed by atoms with E-state index in [1.54, 1.807) is 6.20 Å². The van der Waals surface area contributed by atoms with Crippen LogP contribution in [0.5, 0.6) is 0 Å². The molecule has 1 aromatic rings.